The van der Waals surface area contributed by atoms with Gasteiger partial charge in [-0.2, -0.15) is 0 Å². The fourth-order valence-electron chi connectivity index (χ4n) is 3.26. The minimum absolute atomic E-state index is 0.596. The molecule has 1 unspecified atom stereocenters. The maximum Gasteiger partial charge on any atom is 0.323 e. The van der Waals surface area contributed by atoms with Gasteiger partial charge in [-0.25, -0.2) is 0 Å². The van der Waals surface area contributed by atoms with Gasteiger partial charge >= 0.3 is 5.97 Å². The fraction of sp³-hybridized carbons (Fsp3) is 0.792. The van der Waals surface area contributed by atoms with E-state index in [0.29, 0.717) is 12.8 Å². The Bertz CT molecular complexity index is 403. The summed E-state index contributed by atoms with van der Waals surface area (Å²) in [6.45, 7) is 4.31. The molecule has 0 aliphatic heterocycles. The Morgan fingerprint density at radius 1 is 0.741 bits per heavy atom. The van der Waals surface area contributed by atoms with Crippen LogP contribution in [0.25, 0.3) is 0 Å². The molecular formula is C24H45NO2. The Labute approximate surface area is 168 Å². The number of aliphatic carboxylic acids is 1. The lowest BCUT2D eigenvalue weighted by atomic mass is 9.88. The van der Waals surface area contributed by atoms with Crippen molar-refractivity contribution in [3.8, 4) is 0 Å². The molecular weight excluding hydrogens is 334 g/mol. The summed E-state index contributed by atoms with van der Waals surface area (Å²) in [5, 5.41) is 9.35. The van der Waals surface area contributed by atoms with E-state index in [9.17, 15) is 9.90 Å². The van der Waals surface area contributed by atoms with Crippen molar-refractivity contribution in [2.24, 2.45) is 5.73 Å². The first-order valence-electron chi connectivity index (χ1n) is 11.4. The van der Waals surface area contributed by atoms with Crippen LogP contribution in [-0.4, -0.2) is 16.6 Å². The van der Waals surface area contributed by atoms with Gasteiger partial charge in [-0.05, 0) is 44.9 Å². The van der Waals surface area contributed by atoms with Gasteiger partial charge < -0.3 is 10.8 Å². The zero-order chi connectivity index (χ0) is 20.2. The molecule has 0 bridgehead atoms. The normalized spacial score (nSPS) is 14.2. The van der Waals surface area contributed by atoms with E-state index in [-0.39, 0.29) is 0 Å². The van der Waals surface area contributed by atoms with E-state index in [2.05, 4.69) is 38.2 Å². The van der Waals surface area contributed by atoms with Crippen LogP contribution in [0, 0.1) is 0 Å². The molecule has 0 amide bonds. The summed E-state index contributed by atoms with van der Waals surface area (Å²) >= 11 is 0. The molecule has 0 aromatic rings. The van der Waals surface area contributed by atoms with Crippen LogP contribution < -0.4 is 5.73 Å². The smallest absolute Gasteiger partial charge is 0.323 e. The van der Waals surface area contributed by atoms with Crippen LogP contribution in [0.4, 0.5) is 0 Å². The van der Waals surface area contributed by atoms with E-state index in [1.807, 2.05) is 0 Å². The quantitative estimate of drug-likeness (QED) is 0.185. The van der Waals surface area contributed by atoms with Crippen molar-refractivity contribution in [3.63, 3.8) is 0 Å². The van der Waals surface area contributed by atoms with Gasteiger partial charge in [-0.1, -0.05) is 95.9 Å². The van der Waals surface area contributed by atoms with E-state index in [1.165, 1.54) is 57.8 Å². The average Bonchev–Trinajstić information content (AvgIpc) is 2.66. The van der Waals surface area contributed by atoms with Crippen molar-refractivity contribution in [3.05, 3.63) is 24.3 Å². The minimum atomic E-state index is -1.01. The summed E-state index contributed by atoms with van der Waals surface area (Å²) in [4.78, 5) is 11.4. The van der Waals surface area contributed by atoms with Crippen LogP contribution in [-0.2, 0) is 4.79 Å². The Kier molecular flexibility index (Phi) is 17.5. The number of carboxylic acid groups (broad SMARTS) is 1. The summed E-state index contributed by atoms with van der Waals surface area (Å²) in [5.41, 5.74) is 5.07. The van der Waals surface area contributed by atoms with Gasteiger partial charge in [0.15, 0.2) is 0 Å². The van der Waals surface area contributed by atoms with Gasteiger partial charge in [-0.15, -0.1) is 0 Å². The highest BCUT2D eigenvalue weighted by Gasteiger charge is 2.32. The first kappa shape index (κ1) is 25.9. The molecule has 158 valence electrons. The van der Waals surface area contributed by atoms with Crippen LogP contribution in [0.2, 0.25) is 0 Å². The first-order chi connectivity index (χ1) is 13.1. The summed E-state index contributed by atoms with van der Waals surface area (Å²) in [6, 6.07) is 0. The third kappa shape index (κ3) is 15.6. The predicted octanol–water partition coefficient (Wildman–Crippen LogP) is 7.16. The predicted molar refractivity (Wildman–Crippen MR) is 118 cm³/mol. The van der Waals surface area contributed by atoms with Crippen molar-refractivity contribution in [1.82, 2.24) is 0 Å². The maximum absolute atomic E-state index is 11.4. The number of allylic oxidation sites excluding steroid dienone is 4. The van der Waals surface area contributed by atoms with Crippen molar-refractivity contribution in [1.29, 1.82) is 0 Å². The summed E-state index contributed by atoms with van der Waals surface area (Å²) in [6.07, 6.45) is 26.6. The number of hydrogen-bond acceptors (Lipinski definition) is 2. The van der Waals surface area contributed by atoms with Crippen LogP contribution in [0.1, 0.15) is 117 Å². The molecule has 1 atom stereocenters. The first-order valence-corrected chi connectivity index (χ1v) is 11.4. The Balaban J connectivity index is 3.53. The van der Waals surface area contributed by atoms with E-state index in [0.717, 1.165) is 32.1 Å². The largest absolute Gasteiger partial charge is 0.480 e. The molecule has 3 heteroatoms. The molecule has 0 aliphatic carbocycles. The molecule has 0 rings (SSSR count). The average molecular weight is 380 g/mol. The SMILES string of the molecule is CCCCCC=CCC=CCCCCCCCCC(N)(CCCC)C(=O)O. The standard InChI is InChI=1S/C24H45NO2/c1-3-5-7-8-9-10-11-12-13-14-15-16-17-18-19-20-22-24(25,23(26)27)21-6-4-2/h9-10,12-13H,3-8,11,14-22,25H2,1-2H3,(H,26,27). The third-order valence-electron chi connectivity index (χ3n) is 5.23. The lowest BCUT2D eigenvalue weighted by Gasteiger charge is -2.24. The fourth-order valence-corrected chi connectivity index (χ4v) is 3.26. The minimum Gasteiger partial charge on any atom is -0.480 e. The van der Waals surface area contributed by atoms with Crippen molar-refractivity contribution >= 4 is 5.97 Å². The lowest BCUT2D eigenvalue weighted by Crippen LogP contribution is -2.47. The molecule has 27 heavy (non-hydrogen) atoms. The molecule has 0 spiro atoms. The molecule has 0 fully saturated rings. The van der Waals surface area contributed by atoms with Gasteiger partial charge in [-0.3, -0.25) is 4.79 Å². The molecule has 0 aromatic carbocycles. The zero-order valence-corrected chi connectivity index (χ0v) is 18.1. The van der Waals surface area contributed by atoms with Crippen LogP contribution in [0.5, 0.6) is 0 Å². The Hall–Kier alpha value is -1.09. The highest BCUT2D eigenvalue weighted by Crippen LogP contribution is 2.20. The highest BCUT2D eigenvalue weighted by atomic mass is 16.4. The molecule has 0 aliphatic rings. The molecule has 3 nitrogen and oxygen atoms in total. The maximum atomic E-state index is 11.4. The van der Waals surface area contributed by atoms with E-state index in [4.69, 9.17) is 5.73 Å². The number of rotatable bonds is 19. The second-order valence-electron chi connectivity index (χ2n) is 7.90. The zero-order valence-electron chi connectivity index (χ0n) is 18.1. The molecule has 0 radical (unpaired) electrons. The van der Waals surface area contributed by atoms with E-state index < -0.39 is 11.5 Å². The van der Waals surface area contributed by atoms with Gasteiger partial charge in [0.25, 0.3) is 0 Å². The van der Waals surface area contributed by atoms with Crippen molar-refractivity contribution in [2.45, 2.75) is 122 Å². The number of hydrogen-bond donors (Lipinski definition) is 2. The Morgan fingerprint density at radius 2 is 1.22 bits per heavy atom. The molecule has 0 saturated carbocycles. The molecule has 3 N–H and O–H groups in total. The van der Waals surface area contributed by atoms with Gasteiger partial charge in [0.1, 0.15) is 5.54 Å². The second kappa shape index (κ2) is 18.3. The molecule has 0 aromatic heterocycles. The molecule has 0 heterocycles. The molecule has 0 saturated heterocycles. The number of unbranched alkanes of at least 4 members (excludes halogenated alkanes) is 10. The van der Waals surface area contributed by atoms with Crippen LogP contribution >= 0.6 is 0 Å². The van der Waals surface area contributed by atoms with Crippen molar-refractivity contribution in [2.75, 3.05) is 0 Å². The highest BCUT2D eigenvalue weighted by molar-refractivity contribution is 5.78. The summed E-state index contributed by atoms with van der Waals surface area (Å²) in [5.74, 6) is -0.835. The van der Waals surface area contributed by atoms with Gasteiger partial charge in [0.05, 0.1) is 0 Å². The third-order valence-corrected chi connectivity index (χ3v) is 5.23. The van der Waals surface area contributed by atoms with Gasteiger partial charge in [0, 0.05) is 0 Å². The van der Waals surface area contributed by atoms with Crippen LogP contribution in [0.15, 0.2) is 24.3 Å². The number of carboxylic acids is 1. The number of carbonyl (C=O) groups is 1. The Morgan fingerprint density at radius 3 is 1.78 bits per heavy atom. The van der Waals surface area contributed by atoms with Crippen molar-refractivity contribution < 1.29 is 9.90 Å². The van der Waals surface area contributed by atoms with Crippen LogP contribution in [0.3, 0.4) is 0 Å². The summed E-state index contributed by atoms with van der Waals surface area (Å²) < 4.78 is 0. The topological polar surface area (TPSA) is 63.3 Å². The monoisotopic (exact) mass is 379 g/mol. The van der Waals surface area contributed by atoms with Gasteiger partial charge in [0.2, 0.25) is 0 Å². The van der Waals surface area contributed by atoms with E-state index >= 15 is 0 Å². The number of nitrogens with two attached hydrogens (primary N) is 1. The summed E-state index contributed by atoms with van der Waals surface area (Å²) in [7, 11) is 0. The van der Waals surface area contributed by atoms with E-state index in [1.54, 1.807) is 0 Å². The lowest BCUT2D eigenvalue weighted by molar-refractivity contribution is -0.144. The second-order valence-corrected chi connectivity index (χ2v) is 7.90.